The first-order chi connectivity index (χ1) is 8.29. The smallest absolute Gasteiger partial charge is 0.413 e. The van der Waals surface area contributed by atoms with Crippen LogP contribution >= 0.6 is 0 Å². The molecule has 1 amide bonds. The summed E-state index contributed by atoms with van der Waals surface area (Å²) in [6.07, 6.45) is 1.59. The summed E-state index contributed by atoms with van der Waals surface area (Å²) in [6.45, 7) is 10.2. The molecule has 2 atom stereocenters. The maximum atomic E-state index is 12.0. The average molecular weight is 256 g/mol. The quantitative estimate of drug-likeness (QED) is 0.811. The van der Waals surface area contributed by atoms with Gasteiger partial charge >= 0.3 is 6.09 Å². The summed E-state index contributed by atoms with van der Waals surface area (Å²) in [5, 5.41) is 10.6. The van der Waals surface area contributed by atoms with Crippen LogP contribution in [-0.4, -0.2) is 58.0 Å². The largest absolute Gasteiger partial charge is 0.438 e. The molecule has 104 valence electrons. The molecule has 0 aromatic carbocycles. The summed E-state index contributed by atoms with van der Waals surface area (Å²) in [7, 11) is 0. The third-order valence-electron chi connectivity index (χ3n) is 4.44. The Morgan fingerprint density at radius 1 is 1.44 bits per heavy atom. The molecule has 0 saturated carbocycles. The van der Waals surface area contributed by atoms with E-state index in [1.54, 1.807) is 20.8 Å². The highest BCUT2D eigenvalue weighted by molar-refractivity contribution is 5.72. The van der Waals surface area contributed by atoms with Crippen LogP contribution in [0.3, 0.4) is 0 Å². The zero-order chi connectivity index (χ0) is 13.6. The third-order valence-corrected chi connectivity index (χ3v) is 4.44. The molecule has 5 heteroatoms. The first-order valence-electron chi connectivity index (χ1n) is 6.76. The van der Waals surface area contributed by atoms with Gasteiger partial charge in [-0.2, -0.15) is 0 Å². The zero-order valence-electron chi connectivity index (χ0n) is 11.8. The van der Waals surface area contributed by atoms with Crippen LogP contribution in [0.1, 0.15) is 40.5 Å². The Bertz CT molecular complexity index is 341. The molecule has 0 spiro atoms. The van der Waals surface area contributed by atoms with E-state index in [1.165, 1.54) is 4.90 Å². The summed E-state index contributed by atoms with van der Waals surface area (Å²) >= 11 is 0. The third kappa shape index (κ3) is 1.99. The number of likely N-dealkylation sites (N-methyl/N-ethyl adjacent to an activating group) is 1. The molecule has 0 bridgehead atoms. The van der Waals surface area contributed by atoms with Crippen molar-refractivity contribution >= 4 is 6.09 Å². The fraction of sp³-hybridized carbons (Fsp3) is 0.923. The number of cyclic esters (lactones) is 1. The van der Waals surface area contributed by atoms with Crippen molar-refractivity contribution in [2.75, 3.05) is 19.6 Å². The van der Waals surface area contributed by atoms with Crippen LogP contribution in [0.25, 0.3) is 0 Å². The molecule has 0 aromatic heterocycles. The number of likely N-dealkylation sites (tertiary alicyclic amines) is 1. The molecule has 1 N–H and O–H groups in total. The van der Waals surface area contributed by atoms with Gasteiger partial charge in [0.1, 0.15) is 0 Å². The van der Waals surface area contributed by atoms with Gasteiger partial charge in [-0.05, 0) is 46.7 Å². The summed E-state index contributed by atoms with van der Waals surface area (Å²) in [5.41, 5.74) is -2.11. The number of carbonyl (C=O) groups is 1. The maximum absolute atomic E-state index is 12.0. The molecule has 0 radical (unpaired) electrons. The fourth-order valence-electron chi connectivity index (χ4n) is 2.87. The highest BCUT2D eigenvalue weighted by Gasteiger charge is 2.58. The van der Waals surface area contributed by atoms with Crippen LogP contribution in [0.2, 0.25) is 0 Å². The lowest BCUT2D eigenvalue weighted by atomic mass is 9.93. The lowest BCUT2D eigenvalue weighted by Gasteiger charge is -2.42. The average Bonchev–Trinajstić information content (AvgIpc) is 2.43. The second-order valence-corrected chi connectivity index (χ2v) is 5.96. The molecule has 2 saturated heterocycles. The summed E-state index contributed by atoms with van der Waals surface area (Å²) in [5.74, 6) is 0. The van der Waals surface area contributed by atoms with Crippen LogP contribution in [0.5, 0.6) is 0 Å². The van der Waals surface area contributed by atoms with Gasteiger partial charge in [0.2, 0.25) is 0 Å². The Morgan fingerprint density at radius 2 is 2.11 bits per heavy atom. The van der Waals surface area contributed by atoms with Crippen molar-refractivity contribution in [3.05, 3.63) is 0 Å². The summed E-state index contributed by atoms with van der Waals surface area (Å²) < 4.78 is 5.32. The van der Waals surface area contributed by atoms with E-state index in [2.05, 4.69) is 11.8 Å². The Morgan fingerprint density at radius 3 is 2.61 bits per heavy atom. The number of hydrogen-bond acceptors (Lipinski definition) is 4. The molecule has 2 rings (SSSR count). The van der Waals surface area contributed by atoms with Crippen LogP contribution in [-0.2, 0) is 4.74 Å². The van der Waals surface area contributed by atoms with E-state index >= 15 is 0 Å². The van der Waals surface area contributed by atoms with Gasteiger partial charge in [0.25, 0.3) is 0 Å². The van der Waals surface area contributed by atoms with Gasteiger partial charge in [-0.1, -0.05) is 6.92 Å². The highest BCUT2D eigenvalue weighted by Crippen LogP contribution is 2.39. The molecule has 5 nitrogen and oxygen atoms in total. The van der Waals surface area contributed by atoms with Gasteiger partial charge in [0.15, 0.2) is 11.3 Å². The minimum absolute atomic E-state index is 0.0444. The molecule has 2 fully saturated rings. The standard InChI is InChI=1S/C13H24N2O3/c1-5-14-8-6-7-10(9-14)15-11(16)18-12(2,3)13(15,4)17/h10,17H,5-9H2,1-4H3. The normalized spacial score (nSPS) is 36.8. The predicted octanol–water partition coefficient (Wildman–Crippen LogP) is 1.41. The Labute approximate surface area is 109 Å². The monoisotopic (exact) mass is 256 g/mol. The van der Waals surface area contributed by atoms with Crippen molar-refractivity contribution in [2.24, 2.45) is 0 Å². The lowest BCUT2D eigenvalue weighted by molar-refractivity contribution is -0.141. The molecule has 2 heterocycles. The Kier molecular flexibility index (Phi) is 3.32. The summed E-state index contributed by atoms with van der Waals surface area (Å²) in [6, 6.07) is 0.0444. The molecule has 2 aliphatic heterocycles. The first kappa shape index (κ1) is 13.6. The van der Waals surface area contributed by atoms with E-state index in [0.717, 1.165) is 32.5 Å². The van der Waals surface area contributed by atoms with E-state index in [1.807, 2.05) is 0 Å². The highest BCUT2D eigenvalue weighted by atomic mass is 16.6. The van der Waals surface area contributed by atoms with Gasteiger partial charge < -0.3 is 14.7 Å². The second kappa shape index (κ2) is 4.38. The lowest BCUT2D eigenvalue weighted by Crippen LogP contribution is -2.60. The van der Waals surface area contributed by atoms with Crippen molar-refractivity contribution < 1.29 is 14.6 Å². The first-order valence-corrected chi connectivity index (χ1v) is 6.76. The van der Waals surface area contributed by atoms with Gasteiger partial charge in [-0.15, -0.1) is 0 Å². The van der Waals surface area contributed by atoms with E-state index in [-0.39, 0.29) is 6.04 Å². The van der Waals surface area contributed by atoms with Gasteiger partial charge in [-0.3, -0.25) is 4.90 Å². The number of aliphatic hydroxyl groups is 1. The van der Waals surface area contributed by atoms with Crippen LogP contribution in [0.4, 0.5) is 4.79 Å². The topological polar surface area (TPSA) is 53.0 Å². The number of rotatable bonds is 2. The number of ether oxygens (including phenoxy) is 1. The maximum Gasteiger partial charge on any atom is 0.413 e. The van der Waals surface area contributed by atoms with E-state index in [9.17, 15) is 9.90 Å². The zero-order valence-corrected chi connectivity index (χ0v) is 11.8. The number of hydrogen-bond donors (Lipinski definition) is 1. The molecule has 18 heavy (non-hydrogen) atoms. The van der Waals surface area contributed by atoms with Crippen molar-refractivity contribution in [3.63, 3.8) is 0 Å². The van der Waals surface area contributed by atoms with Crippen molar-refractivity contribution in [1.29, 1.82) is 0 Å². The molecule has 0 aliphatic carbocycles. The van der Waals surface area contributed by atoms with E-state index < -0.39 is 17.4 Å². The van der Waals surface area contributed by atoms with Gasteiger partial charge in [0, 0.05) is 6.54 Å². The molecule has 2 aliphatic rings. The molecule has 2 unspecified atom stereocenters. The fourth-order valence-corrected chi connectivity index (χ4v) is 2.87. The molecule has 0 aromatic rings. The summed E-state index contributed by atoms with van der Waals surface area (Å²) in [4.78, 5) is 15.9. The molecular weight excluding hydrogens is 232 g/mol. The number of piperidine rings is 1. The van der Waals surface area contributed by atoms with Crippen LogP contribution in [0.15, 0.2) is 0 Å². The number of carbonyl (C=O) groups excluding carboxylic acids is 1. The van der Waals surface area contributed by atoms with Gasteiger partial charge in [-0.25, -0.2) is 4.79 Å². The minimum Gasteiger partial charge on any atom is -0.438 e. The minimum atomic E-state index is -1.24. The van der Waals surface area contributed by atoms with Crippen LogP contribution < -0.4 is 0 Å². The predicted molar refractivity (Wildman–Crippen MR) is 68.2 cm³/mol. The van der Waals surface area contributed by atoms with Crippen molar-refractivity contribution in [3.8, 4) is 0 Å². The van der Waals surface area contributed by atoms with Gasteiger partial charge in [0.05, 0.1) is 6.04 Å². The van der Waals surface area contributed by atoms with E-state index in [4.69, 9.17) is 4.74 Å². The van der Waals surface area contributed by atoms with Crippen LogP contribution in [0, 0.1) is 0 Å². The SMILES string of the molecule is CCN1CCCC(N2C(=O)OC(C)(C)C2(C)O)C1. The van der Waals surface area contributed by atoms with E-state index in [0.29, 0.717) is 0 Å². The Hall–Kier alpha value is -0.810. The second-order valence-electron chi connectivity index (χ2n) is 5.96. The Balaban J connectivity index is 2.19. The number of amides is 1. The van der Waals surface area contributed by atoms with Crippen molar-refractivity contribution in [1.82, 2.24) is 9.80 Å². The van der Waals surface area contributed by atoms with Crippen molar-refractivity contribution in [2.45, 2.75) is 57.9 Å². The molecular formula is C13H24N2O3. The number of nitrogens with zero attached hydrogens (tertiary/aromatic N) is 2.